The van der Waals surface area contributed by atoms with Gasteiger partial charge in [-0.25, -0.2) is 0 Å². The highest BCUT2D eigenvalue weighted by atomic mass is 16.5. The highest BCUT2D eigenvalue weighted by Gasteiger charge is 2.43. The molecule has 0 bridgehead atoms. The monoisotopic (exact) mass is 433 g/mol. The highest BCUT2D eigenvalue weighted by molar-refractivity contribution is 5.59. The summed E-state index contributed by atoms with van der Waals surface area (Å²) in [7, 11) is 2.22. The number of anilines is 1. The number of hydrogen-bond acceptors (Lipinski definition) is 4. The van der Waals surface area contributed by atoms with Crippen LogP contribution in [0.5, 0.6) is 0 Å². The fraction of sp³-hybridized carbons (Fsp3) is 0.571. The second-order valence-corrected chi connectivity index (χ2v) is 11.1. The number of benzene rings is 2. The average molecular weight is 434 g/mol. The normalized spacial score (nSPS) is 29.1. The van der Waals surface area contributed by atoms with Crippen molar-refractivity contribution in [2.24, 2.45) is 5.92 Å². The summed E-state index contributed by atoms with van der Waals surface area (Å²) in [6.45, 7) is 12.6. The smallest absolute Gasteiger partial charge is 0.0900 e. The molecule has 0 amide bonds. The van der Waals surface area contributed by atoms with Crippen molar-refractivity contribution in [3.8, 4) is 0 Å². The van der Waals surface area contributed by atoms with Crippen LogP contribution in [0.4, 0.5) is 5.69 Å². The molecular weight excluding hydrogens is 394 g/mol. The van der Waals surface area contributed by atoms with E-state index in [1.54, 1.807) is 0 Å². The van der Waals surface area contributed by atoms with Crippen molar-refractivity contribution in [1.82, 2.24) is 9.80 Å². The predicted octanol–water partition coefficient (Wildman–Crippen LogP) is 5.23. The van der Waals surface area contributed by atoms with Crippen molar-refractivity contribution in [2.75, 3.05) is 45.1 Å². The number of rotatable bonds is 3. The van der Waals surface area contributed by atoms with Crippen LogP contribution < -0.4 is 5.32 Å². The molecule has 0 saturated carbocycles. The van der Waals surface area contributed by atoms with Gasteiger partial charge in [-0.2, -0.15) is 0 Å². The van der Waals surface area contributed by atoms with E-state index in [9.17, 15) is 0 Å². The van der Waals surface area contributed by atoms with Crippen molar-refractivity contribution in [1.29, 1.82) is 0 Å². The molecule has 2 aromatic carbocycles. The van der Waals surface area contributed by atoms with Crippen molar-refractivity contribution < 1.29 is 4.74 Å². The van der Waals surface area contributed by atoms with Crippen molar-refractivity contribution in [2.45, 2.75) is 57.3 Å². The molecule has 0 aliphatic carbocycles. The van der Waals surface area contributed by atoms with Crippen molar-refractivity contribution in [3.05, 3.63) is 65.2 Å². The van der Waals surface area contributed by atoms with Gasteiger partial charge in [-0.3, -0.25) is 4.90 Å². The first kappa shape index (κ1) is 21.9. The predicted molar refractivity (Wildman–Crippen MR) is 132 cm³/mol. The topological polar surface area (TPSA) is 27.7 Å². The molecule has 172 valence electrons. The van der Waals surface area contributed by atoms with E-state index < -0.39 is 0 Å². The molecule has 1 N–H and O–H groups in total. The van der Waals surface area contributed by atoms with Crippen LogP contribution in [0.2, 0.25) is 0 Å². The summed E-state index contributed by atoms with van der Waals surface area (Å²) in [6.07, 6.45) is 2.83. The zero-order valence-corrected chi connectivity index (χ0v) is 20.2. The first-order valence-electron chi connectivity index (χ1n) is 12.4. The lowest BCUT2D eigenvalue weighted by Gasteiger charge is -2.47. The molecule has 4 atom stereocenters. The summed E-state index contributed by atoms with van der Waals surface area (Å²) in [6, 6.07) is 18.2. The summed E-state index contributed by atoms with van der Waals surface area (Å²) in [5, 5.41) is 3.90. The lowest BCUT2D eigenvalue weighted by atomic mass is 9.75. The zero-order chi connectivity index (χ0) is 22.3. The summed E-state index contributed by atoms with van der Waals surface area (Å²) in [5.74, 6) is 0.462. The van der Waals surface area contributed by atoms with E-state index in [1.807, 2.05) is 0 Å². The Morgan fingerprint density at radius 2 is 1.72 bits per heavy atom. The Bertz CT molecular complexity index is 914. The van der Waals surface area contributed by atoms with Gasteiger partial charge in [0.25, 0.3) is 0 Å². The van der Waals surface area contributed by atoms with Gasteiger partial charge in [-0.15, -0.1) is 0 Å². The van der Waals surface area contributed by atoms with Crippen LogP contribution in [0.3, 0.4) is 0 Å². The largest absolute Gasteiger partial charge is 0.378 e. The zero-order valence-electron chi connectivity index (χ0n) is 20.2. The van der Waals surface area contributed by atoms with Gasteiger partial charge < -0.3 is 15.0 Å². The van der Waals surface area contributed by atoms with Crippen LogP contribution in [0.15, 0.2) is 48.5 Å². The Hall–Kier alpha value is -1.88. The van der Waals surface area contributed by atoms with Gasteiger partial charge in [0.05, 0.1) is 18.2 Å². The molecule has 2 saturated heterocycles. The van der Waals surface area contributed by atoms with Gasteiger partial charge >= 0.3 is 0 Å². The maximum atomic E-state index is 6.97. The third kappa shape index (κ3) is 4.46. The van der Waals surface area contributed by atoms with Gasteiger partial charge in [-0.05, 0) is 42.5 Å². The number of likely N-dealkylation sites (N-methyl/N-ethyl adjacent to an activating group) is 1. The second-order valence-electron chi connectivity index (χ2n) is 11.1. The van der Waals surface area contributed by atoms with Gasteiger partial charge in [0.1, 0.15) is 0 Å². The number of piperazine rings is 1. The minimum absolute atomic E-state index is 0.134. The molecule has 0 radical (unpaired) electrons. The first-order chi connectivity index (χ1) is 15.4. The van der Waals surface area contributed by atoms with E-state index in [0.717, 1.165) is 39.1 Å². The SMILES string of the molecule is CN1CCN(CC2CC[C@H]3[C@@H](c4ccccc4)Nc4ccc(C(C)(C)C)cc4[C@H]3O2)CC1. The first-order valence-corrected chi connectivity index (χ1v) is 12.4. The van der Waals surface area contributed by atoms with Crippen LogP contribution in [-0.2, 0) is 10.2 Å². The minimum Gasteiger partial charge on any atom is -0.378 e. The molecule has 1 unspecified atom stereocenters. The molecule has 3 heterocycles. The third-order valence-corrected chi connectivity index (χ3v) is 7.73. The van der Waals surface area contributed by atoms with E-state index in [1.165, 1.54) is 28.8 Å². The number of nitrogens with one attached hydrogen (secondary N) is 1. The summed E-state index contributed by atoms with van der Waals surface area (Å²) >= 11 is 0. The molecule has 5 rings (SSSR count). The minimum atomic E-state index is 0.134. The summed E-state index contributed by atoms with van der Waals surface area (Å²) in [5.41, 5.74) is 5.49. The number of fused-ring (bicyclic) bond motifs is 3. The lowest BCUT2D eigenvalue weighted by Crippen LogP contribution is -2.49. The molecule has 2 fully saturated rings. The number of ether oxygens (including phenoxy) is 1. The highest BCUT2D eigenvalue weighted by Crippen LogP contribution is 2.51. The molecule has 0 aromatic heterocycles. The summed E-state index contributed by atoms with van der Waals surface area (Å²) < 4.78 is 6.97. The maximum Gasteiger partial charge on any atom is 0.0900 e. The number of hydrogen-bond donors (Lipinski definition) is 1. The van der Waals surface area contributed by atoms with Crippen molar-refractivity contribution >= 4 is 5.69 Å². The average Bonchev–Trinajstić information content (AvgIpc) is 2.79. The lowest BCUT2D eigenvalue weighted by molar-refractivity contribution is -0.105. The fourth-order valence-electron chi connectivity index (χ4n) is 5.67. The fourth-order valence-corrected chi connectivity index (χ4v) is 5.67. The van der Waals surface area contributed by atoms with Crippen molar-refractivity contribution in [3.63, 3.8) is 0 Å². The van der Waals surface area contributed by atoms with E-state index in [4.69, 9.17) is 4.74 Å². The van der Waals surface area contributed by atoms with E-state index in [-0.39, 0.29) is 11.5 Å². The van der Waals surface area contributed by atoms with Crippen LogP contribution in [-0.4, -0.2) is 55.7 Å². The quantitative estimate of drug-likeness (QED) is 0.717. The Morgan fingerprint density at radius 1 is 0.969 bits per heavy atom. The van der Waals surface area contributed by atoms with Gasteiger partial charge in [0, 0.05) is 49.9 Å². The molecule has 3 aliphatic heterocycles. The van der Waals surface area contributed by atoms with Crippen LogP contribution in [0.25, 0.3) is 0 Å². The summed E-state index contributed by atoms with van der Waals surface area (Å²) in [4.78, 5) is 5.03. The molecule has 4 heteroatoms. The molecule has 32 heavy (non-hydrogen) atoms. The molecule has 4 nitrogen and oxygen atoms in total. The van der Waals surface area contributed by atoms with E-state index in [2.05, 4.69) is 91.5 Å². The molecule has 2 aromatic rings. The van der Waals surface area contributed by atoms with Gasteiger partial charge in [-0.1, -0.05) is 63.2 Å². The second kappa shape index (κ2) is 8.81. The standard InChI is InChI=1S/C28H39N3O/c1-28(2,3)21-10-13-25-24(18-21)27-23(26(29-25)20-8-6-5-7-9-20)12-11-22(32-27)19-31-16-14-30(4)15-17-31/h5-10,13,18,22-23,26-27,29H,11-12,14-17,19H2,1-4H3/t22?,23-,26+,27-/m0/s1. The van der Waals surface area contributed by atoms with E-state index >= 15 is 0 Å². The maximum absolute atomic E-state index is 6.97. The van der Waals surface area contributed by atoms with Crippen LogP contribution in [0.1, 0.15) is 62.4 Å². The van der Waals surface area contributed by atoms with Crippen LogP contribution in [0, 0.1) is 5.92 Å². The molecule has 3 aliphatic rings. The van der Waals surface area contributed by atoms with Crippen LogP contribution >= 0.6 is 0 Å². The van der Waals surface area contributed by atoms with Gasteiger partial charge in [0.2, 0.25) is 0 Å². The Balaban J connectivity index is 1.43. The Kier molecular flexibility index (Phi) is 6.04. The van der Waals surface area contributed by atoms with Gasteiger partial charge in [0.15, 0.2) is 0 Å². The molecule has 0 spiro atoms. The van der Waals surface area contributed by atoms with E-state index in [0.29, 0.717) is 18.1 Å². The number of nitrogens with zero attached hydrogens (tertiary/aromatic N) is 2. The Labute approximate surface area is 193 Å². The Morgan fingerprint density at radius 3 is 2.44 bits per heavy atom. The third-order valence-electron chi connectivity index (χ3n) is 7.73. The molecular formula is C28H39N3O.